The summed E-state index contributed by atoms with van der Waals surface area (Å²) in [5, 5.41) is 11.4. The van der Waals surface area contributed by atoms with Crippen molar-refractivity contribution in [3.8, 4) is 0 Å². The second-order valence-electron chi connectivity index (χ2n) is 5.02. The summed E-state index contributed by atoms with van der Waals surface area (Å²) in [5.74, 6) is -0.878. The molecule has 0 radical (unpaired) electrons. The van der Waals surface area contributed by atoms with Crippen molar-refractivity contribution in [1.82, 2.24) is 10.2 Å². The first-order valence-corrected chi connectivity index (χ1v) is 6.53. The van der Waals surface area contributed by atoms with Crippen LogP contribution in [0.1, 0.15) is 32.6 Å². The molecule has 1 aliphatic heterocycles. The molecule has 0 aromatic carbocycles. The quantitative estimate of drug-likeness (QED) is 0.835. The van der Waals surface area contributed by atoms with E-state index in [1.165, 1.54) is 4.90 Å². The summed E-state index contributed by atoms with van der Waals surface area (Å²) in [6, 6.07) is -0.565. The van der Waals surface area contributed by atoms with Crippen LogP contribution < -0.4 is 5.32 Å². The van der Waals surface area contributed by atoms with E-state index in [0.717, 1.165) is 0 Å². The lowest BCUT2D eigenvalue weighted by atomic mass is 9.76. The SMILES string of the molecule is CCC1(C(=O)O)CCN(C(=O)NCCC(F)(F)F)CC1. The molecule has 0 spiro atoms. The van der Waals surface area contributed by atoms with Crippen molar-refractivity contribution in [2.75, 3.05) is 19.6 Å². The van der Waals surface area contributed by atoms with Crippen molar-refractivity contribution >= 4 is 12.0 Å². The van der Waals surface area contributed by atoms with Gasteiger partial charge in [-0.2, -0.15) is 13.2 Å². The molecule has 0 aromatic heterocycles. The fourth-order valence-electron chi connectivity index (χ4n) is 2.28. The summed E-state index contributed by atoms with van der Waals surface area (Å²) >= 11 is 0. The van der Waals surface area contributed by atoms with E-state index in [4.69, 9.17) is 0 Å². The number of carbonyl (C=O) groups excluding carboxylic acids is 1. The van der Waals surface area contributed by atoms with E-state index >= 15 is 0 Å². The molecule has 0 atom stereocenters. The summed E-state index contributed by atoms with van der Waals surface area (Å²) in [4.78, 5) is 24.2. The molecule has 0 bridgehead atoms. The van der Waals surface area contributed by atoms with Crippen LogP contribution >= 0.6 is 0 Å². The van der Waals surface area contributed by atoms with Crippen molar-refractivity contribution in [3.63, 3.8) is 0 Å². The number of piperidine rings is 1. The van der Waals surface area contributed by atoms with Crippen LogP contribution in [0.5, 0.6) is 0 Å². The molecular weight excluding hydrogens is 277 g/mol. The first-order valence-electron chi connectivity index (χ1n) is 6.53. The molecule has 0 unspecified atom stereocenters. The fourth-order valence-corrected chi connectivity index (χ4v) is 2.28. The van der Waals surface area contributed by atoms with Gasteiger partial charge in [0.05, 0.1) is 11.8 Å². The van der Waals surface area contributed by atoms with Gasteiger partial charge in [0.2, 0.25) is 0 Å². The lowest BCUT2D eigenvalue weighted by Crippen LogP contribution is -2.49. The van der Waals surface area contributed by atoms with Gasteiger partial charge in [-0.3, -0.25) is 4.79 Å². The minimum Gasteiger partial charge on any atom is -0.481 e. The Morgan fingerprint density at radius 2 is 1.85 bits per heavy atom. The van der Waals surface area contributed by atoms with Gasteiger partial charge < -0.3 is 15.3 Å². The first kappa shape index (κ1) is 16.6. The standard InChI is InChI=1S/C12H19F3N2O3/c1-2-11(9(18)19)4-7-17(8-5-11)10(20)16-6-3-12(13,14)15/h2-8H2,1H3,(H,16,20)(H,18,19). The maximum absolute atomic E-state index is 12.0. The number of hydrogen-bond acceptors (Lipinski definition) is 2. The van der Waals surface area contributed by atoms with E-state index in [1.54, 1.807) is 6.92 Å². The van der Waals surface area contributed by atoms with Crippen LogP contribution in [0.15, 0.2) is 0 Å². The lowest BCUT2D eigenvalue weighted by molar-refractivity contribution is -0.152. The Labute approximate surface area is 115 Å². The van der Waals surface area contributed by atoms with Crippen LogP contribution in [0.3, 0.4) is 0 Å². The van der Waals surface area contributed by atoms with E-state index in [0.29, 0.717) is 19.3 Å². The number of likely N-dealkylation sites (tertiary alicyclic amines) is 1. The number of nitrogens with zero attached hydrogens (tertiary/aromatic N) is 1. The Bertz CT molecular complexity index is 363. The van der Waals surface area contributed by atoms with E-state index < -0.39 is 36.6 Å². The van der Waals surface area contributed by atoms with Crippen LogP contribution in [-0.4, -0.2) is 47.8 Å². The lowest BCUT2D eigenvalue weighted by Gasteiger charge is -2.38. The number of carboxylic acids is 1. The zero-order valence-electron chi connectivity index (χ0n) is 11.3. The first-order chi connectivity index (χ1) is 9.20. The molecular formula is C12H19F3N2O3. The molecule has 8 heteroatoms. The minimum absolute atomic E-state index is 0.248. The normalized spacial score (nSPS) is 18.7. The van der Waals surface area contributed by atoms with Gasteiger partial charge in [0.1, 0.15) is 0 Å². The van der Waals surface area contributed by atoms with E-state index in [2.05, 4.69) is 5.32 Å². The third kappa shape index (κ3) is 4.28. The molecule has 0 aliphatic carbocycles. The van der Waals surface area contributed by atoms with Gasteiger partial charge >= 0.3 is 18.2 Å². The molecule has 5 nitrogen and oxygen atoms in total. The Morgan fingerprint density at radius 3 is 2.25 bits per heavy atom. The summed E-state index contributed by atoms with van der Waals surface area (Å²) in [5.41, 5.74) is -0.817. The molecule has 20 heavy (non-hydrogen) atoms. The molecule has 1 heterocycles. The Morgan fingerprint density at radius 1 is 1.30 bits per heavy atom. The largest absolute Gasteiger partial charge is 0.481 e. The van der Waals surface area contributed by atoms with Crippen LogP contribution in [0.4, 0.5) is 18.0 Å². The Balaban J connectivity index is 2.41. The maximum atomic E-state index is 12.0. The highest BCUT2D eigenvalue weighted by molar-refractivity contribution is 5.77. The van der Waals surface area contributed by atoms with Gasteiger partial charge in [-0.05, 0) is 19.3 Å². The zero-order chi connectivity index (χ0) is 15.4. The molecule has 1 fully saturated rings. The maximum Gasteiger partial charge on any atom is 0.390 e. The van der Waals surface area contributed by atoms with Gasteiger partial charge in [-0.1, -0.05) is 6.92 Å². The van der Waals surface area contributed by atoms with Crippen molar-refractivity contribution < 1.29 is 27.9 Å². The fraction of sp³-hybridized carbons (Fsp3) is 0.833. The van der Waals surface area contributed by atoms with Crippen molar-refractivity contribution in [2.45, 2.75) is 38.8 Å². The number of aliphatic carboxylic acids is 1. The summed E-state index contributed by atoms with van der Waals surface area (Å²) in [7, 11) is 0. The number of nitrogens with one attached hydrogen (secondary N) is 1. The van der Waals surface area contributed by atoms with Crippen LogP contribution in [-0.2, 0) is 4.79 Å². The van der Waals surface area contributed by atoms with Crippen molar-refractivity contribution in [1.29, 1.82) is 0 Å². The predicted molar refractivity (Wildman–Crippen MR) is 65.2 cm³/mol. The molecule has 116 valence electrons. The van der Waals surface area contributed by atoms with Gasteiger partial charge in [0.25, 0.3) is 0 Å². The smallest absolute Gasteiger partial charge is 0.390 e. The van der Waals surface area contributed by atoms with Crippen LogP contribution in [0.2, 0.25) is 0 Å². The monoisotopic (exact) mass is 296 g/mol. The number of carbonyl (C=O) groups is 2. The predicted octanol–water partition coefficient (Wildman–Crippen LogP) is 2.23. The van der Waals surface area contributed by atoms with Crippen molar-refractivity contribution in [3.05, 3.63) is 0 Å². The summed E-state index contributed by atoms with van der Waals surface area (Å²) in [6.07, 6.45) is -4.24. The highest BCUT2D eigenvalue weighted by Crippen LogP contribution is 2.35. The highest BCUT2D eigenvalue weighted by atomic mass is 19.4. The Kier molecular flexibility index (Phi) is 5.24. The topological polar surface area (TPSA) is 69.6 Å². The second kappa shape index (κ2) is 6.32. The molecule has 0 saturated carbocycles. The number of alkyl halides is 3. The molecule has 1 aliphatic rings. The second-order valence-corrected chi connectivity index (χ2v) is 5.02. The van der Waals surface area contributed by atoms with Gasteiger partial charge in [-0.25, -0.2) is 4.79 Å². The van der Waals surface area contributed by atoms with Crippen LogP contribution in [0, 0.1) is 5.41 Å². The minimum atomic E-state index is -4.30. The van der Waals surface area contributed by atoms with E-state index in [-0.39, 0.29) is 13.1 Å². The third-order valence-corrected chi connectivity index (χ3v) is 3.82. The van der Waals surface area contributed by atoms with Gasteiger partial charge in [0, 0.05) is 19.6 Å². The average Bonchev–Trinajstić information content (AvgIpc) is 2.37. The molecule has 1 rings (SSSR count). The van der Waals surface area contributed by atoms with E-state index in [1.807, 2.05) is 0 Å². The van der Waals surface area contributed by atoms with E-state index in [9.17, 15) is 27.9 Å². The average molecular weight is 296 g/mol. The number of amides is 2. The van der Waals surface area contributed by atoms with Crippen LogP contribution in [0.25, 0.3) is 0 Å². The molecule has 2 N–H and O–H groups in total. The number of halogens is 3. The van der Waals surface area contributed by atoms with Gasteiger partial charge in [-0.15, -0.1) is 0 Å². The summed E-state index contributed by atoms with van der Waals surface area (Å²) < 4.78 is 35.9. The summed E-state index contributed by atoms with van der Waals surface area (Å²) in [6.45, 7) is 1.82. The third-order valence-electron chi connectivity index (χ3n) is 3.82. The number of urea groups is 1. The molecule has 1 saturated heterocycles. The van der Waals surface area contributed by atoms with Gasteiger partial charge in [0.15, 0.2) is 0 Å². The number of rotatable bonds is 4. The molecule has 2 amide bonds. The number of hydrogen-bond donors (Lipinski definition) is 2. The molecule has 0 aromatic rings. The van der Waals surface area contributed by atoms with Crippen molar-refractivity contribution in [2.24, 2.45) is 5.41 Å². The highest BCUT2D eigenvalue weighted by Gasteiger charge is 2.40. The zero-order valence-corrected chi connectivity index (χ0v) is 11.3. The Hall–Kier alpha value is -1.47. The number of carboxylic acid groups (broad SMARTS) is 1.